The van der Waals surface area contributed by atoms with Crippen LogP contribution in [-0.2, 0) is 27.6 Å². The Kier molecular flexibility index (Phi) is 6.95. The molecule has 1 aromatic rings. The predicted octanol–water partition coefficient (Wildman–Crippen LogP) is 2.09. The predicted molar refractivity (Wildman–Crippen MR) is 128 cm³/mol. The number of carbonyl (C=O) groups is 1. The van der Waals surface area contributed by atoms with Gasteiger partial charge in [-0.1, -0.05) is 31.4 Å². The zero-order valence-electron chi connectivity index (χ0n) is 19.6. The average Bonchev–Trinajstić information content (AvgIpc) is 3.41. The van der Waals surface area contributed by atoms with Crippen LogP contribution in [0.25, 0.3) is 0 Å². The summed E-state index contributed by atoms with van der Waals surface area (Å²) in [5.74, 6) is 1.53. The van der Waals surface area contributed by atoms with Crippen LogP contribution in [0.1, 0.15) is 49.7 Å². The lowest BCUT2D eigenvalue weighted by Crippen LogP contribution is -2.54. The maximum atomic E-state index is 13.5. The van der Waals surface area contributed by atoms with Gasteiger partial charge in [0.2, 0.25) is 5.91 Å². The number of hydrogen-bond acceptors (Lipinski definition) is 6. The molecule has 1 aromatic carbocycles. The molecule has 182 valence electrons. The second kappa shape index (κ2) is 9.92. The minimum absolute atomic E-state index is 0.129. The van der Waals surface area contributed by atoms with E-state index >= 15 is 0 Å². The second-order valence-electron chi connectivity index (χ2n) is 10.2. The van der Waals surface area contributed by atoms with Crippen LogP contribution < -0.4 is 4.74 Å². The summed E-state index contributed by atoms with van der Waals surface area (Å²) < 4.78 is 29.9. The van der Waals surface area contributed by atoms with Crippen molar-refractivity contribution in [2.24, 2.45) is 0 Å². The molecule has 0 N–H and O–H groups in total. The van der Waals surface area contributed by atoms with E-state index in [9.17, 15) is 13.2 Å². The van der Waals surface area contributed by atoms with Crippen molar-refractivity contribution >= 4 is 15.7 Å². The number of ether oxygens (including phenoxy) is 1. The number of fused-ring (bicyclic) bond motifs is 1. The van der Waals surface area contributed by atoms with Gasteiger partial charge in [0.1, 0.15) is 5.75 Å². The van der Waals surface area contributed by atoms with Gasteiger partial charge < -0.3 is 9.64 Å². The lowest BCUT2D eigenvalue weighted by Gasteiger charge is -2.40. The van der Waals surface area contributed by atoms with Crippen molar-refractivity contribution in [3.63, 3.8) is 0 Å². The third-order valence-corrected chi connectivity index (χ3v) is 9.59. The van der Waals surface area contributed by atoms with Gasteiger partial charge in [-0.2, -0.15) is 0 Å². The number of piperazine rings is 1. The van der Waals surface area contributed by atoms with Crippen LogP contribution in [-0.4, -0.2) is 91.9 Å². The third-order valence-electron chi connectivity index (χ3n) is 7.84. The van der Waals surface area contributed by atoms with E-state index in [1.165, 1.54) is 17.5 Å². The Morgan fingerprint density at radius 3 is 2.48 bits per heavy atom. The Labute approximate surface area is 198 Å². The quantitative estimate of drug-likeness (QED) is 0.628. The van der Waals surface area contributed by atoms with E-state index in [0.29, 0.717) is 13.0 Å². The van der Waals surface area contributed by atoms with Crippen LogP contribution in [0.5, 0.6) is 5.75 Å². The van der Waals surface area contributed by atoms with Crippen molar-refractivity contribution in [3.8, 4) is 5.75 Å². The number of amides is 1. The molecular formula is C25H37N3O4S. The van der Waals surface area contributed by atoms with Crippen molar-refractivity contribution < 1.29 is 17.9 Å². The number of hydrogen-bond donors (Lipinski definition) is 0. The zero-order valence-corrected chi connectivity index (χ0v) is 20.4. The van der Waals surface area contributed by atoms with Crippen LogP contribution in [0.15, 0.2) is 18.2 Å². The molecule has 3 heterocycles. The second-order valence-corrected chi connectivity index (χ2v) is 12.5. The van der Waals surface area contributed by atoms with Gasteiger partial charge in [0.25, 0.3) is 0 Å². The molecular weight excluding hydrogens is 438 g/mol. The summed E-state index contributed by atoms with van der Waals surface area (Å²) in [5.41, 5.74) is 2.64. The van der Waals surface area contributed by atoms with Crippen LogP contribution in [0, 0.1) is 0 Å². The van der Waals surface area contributed by atoms with Gasteiger partial charge >= 0.3 is 0 Å². The van der Waals surface area contributed by atoms with Crippen LogP contribution in [0.4, 0.5) is 0 Å². The van der Waals surface area contributed by atoms with Gasteiger partial charge in [-0.25, -0.2) is 8.42 Å². The third kappa shape index (κ3) is 5.54. The molecule has 3 aliphatic heterocycles. The highest BCUT2D eigenvalue weighted by Gasteiger charge is 2.39. The highest BCUT2D eigenvalue weighted by atomic mass is 32.2. The van der Waals surface area contributed by atoms with Gasteiger partial charge in [-0.3, -0.25) is 14.6 Å². The lowest BCUT2D eigenvalue weighted by molar-refractivity contribution is -0.138. The van der Waals surface area contributed by atoms with Crippen molar-refractivity contribution in [2.45, 2.75) is 63.6 Å². The molecule has 2 saturated heterocycles. The summed E-state index contributed by atoms with van der Waals surface area (Å²) in [6.45, 7) is 5.78. The van der Waals surface area contributed by atoms with Crippen molar-refractivity contribution in [3.05, 3.63) is 29.3 Å². The fourth-order valence-corrected chi connectivity index (χ4v) is 7.75. The maximum Gasteiger partial charge on any atom is 0.237 e. The molecule has 33 heavy (non-hydrogen) atoms. The summed E-state index contributed by atoms with van der Waals surface area (Å²) >= 11 is 0. The summed E-state index contributed by atoms with van der Waals surface area (Å²) in [7, 11) is -3.01. The minimum Gasteiger partial charge on any atom is -0.493 e. The summed E-state index contributed by atoms with van der Waals surface area (Å²) in [5, 5.41) is 0. The number of rotatable bonds is 6. The smallest absolute Gasteiger partial charge is 0.237 e. The zero-order chi connectivity index (χ0) is 22.8. The van der Waals surface area contributed by atoms with Gasteiger partial charge in [-0.15, -0.1) is 0 Å². The van der Waals surface area contributed by atoms with Gasteiger partial charge in [0, 0.05) is 51.2 Å². The van der Waals surface area contributed by atoms with Crippen LogP contribution >= 0.6 is 0 Å². The van der Waals surface area contributed by atoms with Crippen LogP contribution in [0.3, 0.4) is 0 Å². The highest BCUT2D eigenvalue weighted by molar-refractivity contribution is 7.91. The molecule has 5 rings (SSSR count). The van der Waals surface area contributed by atoms with E-state index in [4.69, 9.17) is 4.74 Å². The average molecular weight is 476 g/mol. The summed E-state index contributed by atoms with van der Waals surface area (Å²) in [4.78, 5) is 20.2. The molecule has 1 atom stereocenters. The molecule has 0 radical (unpaired) electrons. The largest absolute Gasteiger partial charge is 0.493 e. The Morgan fingerprint density at radius 1 is 1.00 bits per heavy atom. The van der Waals surface area contributed by atoms with E-state index in [2.05, 4.69) is 28.0 Å². The number of benzene rings is 1. The van der Waals surface area contributed by atoms with Gasteiger partial charge in [-0.05, 0) is 36.5 Å². The van der Waals surface area contributed by atoms with Crippen LogP contribution in [0.2, 0.25) is 0 Å². The SMILES string of the molecule is O=C(CN1CCN(Cc2ccc3c(c2)CCO3)CC1)N(C1CCCCC1)[C@H]1CCS(=O)(=O)C1. The highest BCUT2D eigenvalue weighted by Crippen LogP contribution is 2.29. The summed E-state index contributed by atoms with van der Waals surface area (Å²) in [6.07, 6.45) is 7.14. The van der Waals surface area contributed by atoms with E-state index in [1.54, 1.807) is 0 Å². The van der Waals surface area contributed by atoms with E-state index in [-0.39, 0.29) is 29.5 Å². The van der Waals surface area contributed by atoms with Gasteiger partial charge in [0.15, 0.2) is 9.84 Å². The Morgan fingerprint density at radius 2 is 1.76 bits per heavy atom. The summed E-state index contributed by atoms with van der Waals surface area (Å²) in [6, 6.07) is 6.62. The van der Waals surface area contributed by atoms with E-state index in [0.717, 1.165) is 77.2 Å². The van der Waals surface area contributed by atoms with Crippen molar-refractivity contribution in [1.82, 2.24) is 14.7 Å². The fourth-order valence-electron chi connectivity index (χ4n) is 6.03. The monoisotopic (exact) mass is 475 g/mol. The molecule has 7 nitrogen and oxygen atoms in total. The first-order valence-electron chi connectivity index (χ1n) is 12.7. The Bertz CT molecular complexity index is 952. The minimum atomic E-state index is -3.01. The topological polar surface area (TPSA) is 70.2 Å². The number of nitrogens with zero attached hydrogens (tertiary/aromatic N) is 3. The molecule has 1 amide bonds. The fraction of sp³-hybridized carbons (Fsp3) is 0.720. The number of sulfone groups is 1. The lowest BCUT2D eigenvalue weighted by atomic mass is 9.92. The molecule has 0 aromatic heterocycles. The first-order valence-corrected chi connectivity index (χ1v) is 14.5. The van der Waals surface area contributed by atoms with Crippen molar-refractivity contribution in [2.75, 3.05) is 50.8 Å². The molecule has 0 bridgehead atoms. The molecule has 0 unspecified atom stereocenters. The normalized spacial score (nSPS) is 26.1. The first-order chi connectivity index (χ1) is 16.0. The van der Waals surface area contributed by atoms with Crippen molar-refractivity contribution in [1.29, 1.82) is 0 Å². The molecule has 8 heteroatoms. The molecule has 3 fully saturated rings. The molecule has 4 aliphatic rings. The standard InChI is InChI=1S/C25H37N3O4S/c29-25(28(22-4-2-1-3-5-22)23-9-15-33(30,31)19-23)18-27-12-10-26(11-13-27)17-20-6-7-24-21(16-20)8-14-32-24/h6-7,16,22-23H,1-5,8-15,17-19H2/t23-/m0/s1. The Balaban J connectivity index is 1.16. The van der Waals surface area contributed by atoms with Gasteiger partial charge in [0.05, 0.1) is 24.7 Å². The molecule has 1 aliphatic carbocycles. The maximum absolute atomic E-state index is 13.5. The Hall–Kier alpha value is -1.64. The van der Waals surface area contributed by atoms with E-state index in [1.807, 2.05) is 4.90 Å². The first kappa shape index (κ1) is 23.1. The molecule has 0 spiro atoms. The number of carbonyl (C=O) groups excluding carboxylic acids is 1. The van der Waals surface area contributed by atoms with E-state index < -0.39 is 9.84 Å². The molecule has 1 saturated carbocycles.